The largest absolute Gasteiger partial charge is 0.454 e. The molecular formula is C19H17FN2O6. The second-order valence-corrected chi connectivity index (χ2v) is 5.88. The van der Waals surface area contributed by atoms with Crippen LogP contribution in [0.15, 0.2) is 42.5 Å². The van der Waals surface area contributed by atoms with Crippen molar-refractivity contribution >= 4 is 23.5 Å². The second-order valence-electron chi connectivity index (χ2n) is 5.88. The van der Waals surface area contributed by atoms with Gasteiger partial charge in [0.25, 0.3) is 11.8 Å². The normalized spacial score (nSPS) is 12.8. The Morgan fingerprint density at radius 3 is 2.57 bits per heavy atom. The van der Waals surface area contributed by atoms with Crippen LogP contribution in [0, 0.1) is 5.82 Å². The first-order valence-electron chi connectivity index (χ1n) is 8.36. The fraction of sp³-hybridized carbons (Fsp3) is 0.211. The number of anilines is 1. The van der Waals surface area contributed by atoms with Gasteiger partial charge in [-0.25, -0.2) is 4.39 Å². The lowest BCUT2D eigenvalue weighted by molar-refractivity contribution is -0.152. The van der Waals surface area contributed by atoms with E-state index in [0.717, 1.165) is 0 Å². The van der Waals surface area contributed by atoms with Crippen molar-refractivity contribution in [2.24, 2.45) is 0 Å². The standard InChI is InChI=1S/C19H17FN2O6/c1-11(18(24)22-14-5-3-13(20)4-6-14)28-17(23)9-21-19(25)12-2-7-15-16(8-12)27-10-26-15/h2-8,11H,9-10H2,1H3,(H,21,25)(H,22,24)/t11-/m1/s1. The smallest absolute Gasteiger partial charge is 0.326 e. The van der Waals surface area contributed by atoms with E-state index >= 15 is 0 Å². The molecule has 28 heavy (non-hydrogen) atoms. The molecule has 2 amide bonds. The predicted molar refractivity (Wildman–Crippen MR) is 95.5 cm³/mol. The first-order chi connectivity index (χ1) is 13.4. The average molecular weight is 388 g/mol. The summed E-state index contributed by atoms with van der Waals surface area (Å²) in [4.78, 5) is 36.0. The summed E-state index contributed by atoms with van der Waals surface area (Å²) in [5, 5.41) is 4.90. The Kier molecular flexibility index (Phi) is 5.73. The summed E-state index contributed by atoms with van der Waals surface area (Å²) in [6.45, 7) is 1.06. The lowest BCUT2D eigenvalue weighted by Gasteiger charge is -2.14. The summed E-state index contributed by atoms with van der Waals surface area (Å²) in [5.74, 6) is -1.31. The molecule has 1 atom stereocenters. The van der Waals surface area contributed by atoms with Crippen molar-refractivity contribution in [3.63, 3.8) is 0 Å². The minimum atomic E-state index is -1.10. The molecule has 2 N–H and O–H groups in total. The molecule has 0 unspecified atom stereocenters. The van der Waals surface area contributed by atoms with Crippen molar-refractivity contribution in [1.29, 1.82) is 0 Å². The van der Waals surface area contributed by atoms with Crippen LogP contribution in [-0.4, -0.2) is 37.2 Å². The van der Waals surface area contributed by atoms with Gasteiger partial charge in [0.1, 0.15) is 12.4 Å². The van der Waals surface area contributed by atoms with Crippen molar-refractivity contribution < 1.29 is 33.0 Å². The molecule has 2 aromatic rings. The summed E-state index contributed by atoms with van der Waals surface area (Å²) in [7, 11) is 0. The van der Waals surface area contributed by atoms with Crippen molar-refractivity contribution in [3.05, 3.63) is 53.8 Å². The highest BCUT2D eigenvalue weighted by atomic mass is 19.1. The molecule has 0 bridgehead atoms. The highest BCUT2D eigenvalue weighted by molar-refractivity contribution is 5.97. The van der Waals surface area contributed by atoms with Gasteiger partial charge in [0.05, 0.1) is 0 Å². The van der Waals surface area contributed by atoms with Crippen molar-refractivity contribution in [2.45, 2.75) is 13.0 Å². The molecule has 0 aliphatic carbocycles. The molecule has 0 saturated carbocycles. The van der Waals surface area contributed by atoms with Gasteiger partial charge in [0.2, 0.25) is 6.79 Å². The number of benzene rings is 2. The zero-order valence-electron chi connectivity index (χ0n) is 14.9. The zero-order valence-corrected chi connectivity index (χ0v) is 14.9. The fourth-order valence-corrected chi connectivity index (χ4v) is 2.36. The van der Waals surface area contributed by atoms with Gasteiger partial charge in [-0.1, -0.05) is 0 Å². The van der Waals surface area contributed by atoms with E-state index in [4.69, 9.17) is 14.2 Å². The first kappa shape index (κ1) is 19.2. The number of esters is 1. The van der Waals surface area contributed by atoms with E-state index in [0.29, 0.717) is 22.7 Å². The van der Waals surface area contributed by atoms with Crippen molar-refractivity contribution in [3.8, 4) is 11.5 Å². The van der Waals surface area contributed by atoms with E-state index in [1.54, 1.807) is 6.07 Å². The Morgan fingerprint density at radius 1 is 1.11 bits per heavy atom. The molecule has 0 spiro atoms. The van der Waals surface area contributed by atoms with E-state index in [1.165, 1.54) is 43.3 Å². The maximum absolute atomic E-state index is 12.9. The maximum Gasteiger partial charge on any atom is 0.326 e. The summed E-state index contributed by atoms with van der Waals surface area (Å²) < 4.78 is 28.2. The average Bonchev–Trinajstić information content (AvgIpc) is 3.15. The maximum atomic E-state index is 12.9. The molecule has 9 heteroatoms. The number of amides is 2. The molecule has 2 aromatic carbocycles. The van der Waals surface area contributed by atoms with Crippen LogP contribution in [0.3, 0.4) is 0 Å². The summed E-state index contributed by atoms with van der Waals surface area (Å²) in [6, 6.07) is 9.78. The van der Waals surface area contributed by atoms with Crippen LogP contribution in [0.25, 0.3) is 0 Å². The number of nitrogens with one attached hydrogen (secondary N) is 2. The number of halogens is 1. The van der Waals surface area contributed by atoms with E-state index < -0.39 is 36.2 Å². The number of hydrogen-bond donors (Lipinski definition) is 2. The monoisotopic (exact) mass is 388 g/mol. The molecule has 0 radical (unpaired) electrons. The second kappa shape index (κ2) is 8.38. The van der Waals surface area contributed by atoms with Gasteiger partial charge < -0.3 is 24.8 Å². The molecule has 1 aliphatic heterocycles. The lowest BCUT2D eigenvalue weighted by Crippen LogP contribution is -2.35. The Balaban J connectivity index is 1.46. The molecule has 1 heterocycles. The Morgan fingerprint density at radius 2 is 1.82 bits per heavy atom. The number of hydrogen-bond acceptors (Lipinski definition) is 6. The van der Waals surface area contributed by atoms with Crippen LogP contribution in [0.4, 0.5) is 10.1 Å². The Labute approximate surface area is 159 Å². The molecule has 8 nitrogen and oxygen atoms in total. The Hall–Kier alpha value is -3.62. The third-order valence-corrected chi connectivity index (χ3v) is 3.82. The van der Waals surface area contributed by atoms with Crippen LogP contribution in [0.5, 0.6) is 11.5 Å². The van der Waals surface area contributed by atoms with E-state index in [1.807, 2.05) is 0 Å². The van der Waals surface area contributed by atoms with Crippen LogP contribution in [0.1, 0.15) is 17.3 Å². The van der Waals surface area contributed by atoms with Crippen molar-refractivity contribution in [1.82, 2.24) is 5.32 Å². The minimum Gasteiger partial charge on any atom is -0.454 e. The topological polar surface area (TPSA) is 103 Å². The van der Waals surface area contributed by atoms with Gasteiger partial charge in [-0.15, -0.1) is 0 Å². The molecule has 0 fully saturated rings. The number of rotatable bonds is 6. The van der Waals surface area contributed by atoms with E-state index in [2.05, 4.69) is 10.6 Å². The van der Waals surface area contributed by atoms with Gasteiger partial charge in [-0.2, -0.15) is 0 Å². The Bertz CT molecular complexity index is 900. The molecule has 0 saturated heterocycles. The molecule has 1 aliphatic rings. The summed E-state index contributed by atoms with van der Waals surface area (Å²) in [6.07, 6.45) is -1.10. The molecular weight excluding hydrogens is 371 g/mol. The molecule has 3 rings (SSSR count). The third kappa shape index (κ3) is 4.76. The highest BCUT2D eigenvalue weighted by Crippen LogP contribution is 2.32. The van der Waals surface area contributed by atoms with Crippen LogP contribution in [0.2, 0.25) is 0 Å². The van der Waals surface area contributed by atoms with Gasteiger partial charge >= 0.3 is 5.97 Å². The van der Waals surface area contributed by atoms with Gasteiger partial charge in [0.15, 0.2) is 17.6 Å². The molecule has 0 aromatic heterocycles. The first-order valence-corrected chi connectivity index (χ1v) is 8.36. The zero-order chi connectivity index (χ0) is 20.1. The summed E-state index contributed by atoms with van der Waals surface area (Å²) in [5.41, 5.74) is 0.657. The molecule has 146 valence electrons. The van der Waals surface area contributed by atoms with Crippen LogP contribution < -0.4 is 20.1 Å². The van der Waals surface area contributed by atoms with Gasteiger partial charge in [-0.05, 0) is 49.4 Å². The van der Waals surface area contributed by atoms with Gasteiger partial charge in [0, 0.05) is 11.3 Å². The number of ether oxygens (including phenoxy) is 3. The SMILES string of the molecule is C[C@@H](OC(=O)CNC(=O)c1ccc2c(c1)OCO2)C(=O)Nc1ccc(F)cc1. The van der Waals surface area contributed by atoms with E-state index in [9.17, 15) is 18.8 Å². The number of carbonyl (C=O) groups excluding carboxylic acids is 3. The lowest BCUT2D eigenvalue weighted by atomic mass is 10.2. The summed E-state index contributed by atoms with van der Waals surface area (Å²) >= 11 is 0. The van der Waals surface area contributed by atoms with Crippen LogP contribution >= 0.6 is 0 Å². The van der Waals surface area contributed by atoms with Gasteiger partial charge in [-0.3, -0.25) is 14.4 Å². The van der Waals surface area contributed by atoms with Crippen molar-refractivity contribution in [2.75, 3.05) is 18.7 Å². The third-order valence-electron chi connectivity index (χ3n) is 3.82. The quantitative estimate of drug-likeness (QED) is 0.733. The van der Waals surface area contributed by atoms with Crippen LogP contribution in [-0.2, 0) is 14.3 Å². The number of fused-ring (bicyclic) bond motifs is 1. The minimum absolute atomic E-state index is 0.0879. The fourth-order valence-electron chi connectivity index (χ4n) is 2.36. The highest BCUT2D eigenvalue weighted by Gasteiger charge is 2.20. The predicted octanol–water partition coefficient (Wildman–Crippen LogP) is 1.85. The number of carbonyl (C=O) groups is 3. The van der Waals surface area contributed by atoms with E-state index in [-0.39, 0.29) is 6.79 Å².